The Morgan fingerprint density at radius 1 is 1.16 bits per heavy atom. The molecular formula is C16H25N3. The Bertz CT molecular complexity index is 429. The number of benzene rings is 1. The fraction of sp³-hybridized carbons (Fsp3) is 0.625. The number of nitrogens with one attached hydrogen (secondary N) is 1. The molecule has 2 heterocycles. The van der Waals surface area contributed by atoms with Crippen LogP contribution in [0.15, 0.2) is 24.3 Å². The van der Waals surface area contributed by atoms with E-state index in [0.29, 0.717) is 6.04 Å². The van der Waals surface area contributed by atoms with Crippen molar-refractivity contribution in [1.29, 1.82) is 0 Å². The summed E-state index contributed by atoms with van der Waals surface area (Å²) in [7, 11) is 6.48. The predicted octanol–water partition coefficient (Wildman–Crippen LogP) is 2.79. The van der Waals surface area contributed by atoms with Crippen LogP contribution in [0.3, 0.4) is 0 Å². The number of rotatable bonds is 3. The van der Waals surface area contributed by atoms with Crippen LogP contribution in [0.25, 0.3) is 0 Å². The summed E-state index contributed by atoms with van der Waals surface area (Å²) < 4.78 is 0. The third-order valence-electron chi connectivity index (χ3n) is 4.83. The molecule has 0 amide bonds. The maximum absolute atomic E-state index is 3.74. The van der Waals surface area contributed by atoms with Gasteiger partial charge >= 0.3 is 0 Å². The van der Waals surface area contributed by atoms with Crippen molar-refractivity contribution in [2.45, 2.75) is 43.8 Å². The third kappa shape index (κ3) is 2.57. The number of nitrogens with zero attached hydrogens (tertiary/aromatic N) is 2. The molecule has 3 rings (SSSR count). The molecule has 2 saturated heterocycles. The van der Waals surface area contributed by atoms with Crippen molar-refractivity contribution in [1.82, 2.24) is 4.90 Å². The second kappa shape index (κ2) is 5.04. The van der Waals surface area contributed by atoms with E-state index < -0.39 is 0 Å². The molecule has 104 valence electrons. The number of piperidine rings is 1. The zero-order chi connectivity index (χ0) is 13.4. The lowest BCUT2D eigenvalue weighted by Crippen LogP contribution is -2.44. The first-order valence-electron chi connectivity index (χ1n) is 7.39. The molecule has 2 atom stereocenters. The smallest absolute Gasteiger partial charge is 0.0381 e. The largest absolute Gasteiger partial charge is 0.382 e. The van der Waals surface area contributed by atoms with Crippen LogP contribution >= 0.6 is 0 Å². The van der Waals surface area contributed by atoms with Gasteiger partial charge in [0.2, 0.25) is 0 Å². The van der Waals surface area contributed by atoms with Gasteiger partial charge in [0.05, 0.1) is 0 Å². The third-order valence-corrected chi connectivity index (χ3v) is 4.83. The van der Waals surface area contributed by atoms with Crippen LogP contribution < -0.4 is 10.2 Å². The monoisotopic (exact) mass is 259 g/mol. The second-order valence-corrected chi connectivity index (χ2v) is 6.31. The number of fused-ring (bicyclic) bond motifs is 2. The molecule has 0 spiro atoms. The summed E-state index contributed by atoms with van der Waals surface area (Å²) in [6.07, 6.45) is 5.35. The van der Waals surface area contributed by atoms with Crippen molar-refractivity contribution in [3.63, 3.8) is 0 Å². The van der Waals surface area contributed by atoms with E-state index in [1.807, 2.05) is 0 Å². The Balaban J connectivity index is 1.67. The van der Waals surface area contributed by atoms with E-state index in [4.69, 9.17) is 0 Å². The Morgan fingerprint density at radius 2 is 1.84 bits per heavy atom. The molecule has 1 aromatic rings. The van der Waals surface area contributed by atoms with E-state index in [9.17, 15) is 0 Å². The highest BCUT2D eigenvalue weighted by Gasteiger charge is 2.38. The molecule has 2 aliphatic rings. The zero-order valence-corrected chi connectivity index (χ0v) is 12.3. The van der Waals surface area contributed by atoms with Crippen LogP contribution in [-0.2, 0) is 0 Å². The van der Waals surface area contributed by atoms with Gasteiger partial charge in [-0.15, -0.1) is 0 Å². The average molecular weight is 259 g/mol. The average Bonchev–Trinajstić information content (AvgIpc) is 2.63. The molecule has 2 bridgehead atoms. The van der Waals surface area contributed by atoms with Crippen LogP contribution in [0.2, 0.25) is 0 Å². The van der Waals surface area contributed by atoms with Crippen LogP contribution in [0.4, 0.5) is 11.4 Å². The van der Waals surface area contributed by atoms with Crippen molar-refractivity contribution < 1.29 is 0 Å². The van der Waals surface area contributed by atoms with Crippen molar-refractivity contribution in [3.8, 4) is 0 Å². The van der Waals surface area contributed by atoms with Crippen LogP contribution in [0, 0.1) is 0 Å². The Morgan fingerprint density at radius 3 is 2.47 bits per heavy atom. The molecule has 2 unspecified atom stereocenters. The minimum Gasteiger partial charge on any atom is -0.382 e. The first-order chi connectivity index (χ1) is 9.13. The SMILES string of the molecule is CN(C)c1cccc(NC2CC3CCC(C2)N3C)c1. The maximum Gasteiger partial charge on any atom is 0.0381 e. The van der Waals surface area contributed by atoms with Gasteiger partial charge in [0.15, 0.2) is 0 Å². The normalized spacial score (nSPS) is 30.4. The molecule has 2 fully saturated rings. The molecule has 0 saturated carbocycles. The molecular weight excluding hydrogens is 234 g/mol. The summed E-state index contributed by atoms with van der Waals surface area (Å²) in [5.41, 5.74) is 2.53. The minimum atomic E-state index is 0.645. The van der Waals surface area contributed by atoms with Gasteiger partial charge in [0.1, 0.15) is 0 Å². The topological polar surface area (TPSA) is 18.5 Å². The van der Waals surface area contributed by atoms with Gasteiger partial charge in [-0.05, 0) is 50.9 Å². The molecule has 3 nitrogen and oxygen atoms in total. The molecule has 2 aliphatic heterocycles. The highest BCUT2D eigenvalue weighted by molar-refractivity contribution is 5.57. The lowest BCUT2D eigenvalue weighted by molar-refractivity contribution is 0.169. The predicted molar refractivity (Wildman–Crippen MR) is 82.0 cm³/mol. The second-order valence-electron chi connectivity index (χ2n) is 6.31. The summed E-state index contributed by atoms with van der Waals surface area (Å²) in [4.78, 5) is 4.75. The van der Waals surface area contributed by atoms with Gasteiger partial charge < -0.3 is 15.1 Å². The van der Waals surface area contributed by atoms with E-state index in [0.717, 1.165) is 12.1 Å². The van der Waals surface area contributed by atoms with Gasteiger partial charge in [-0.1, -0.05) is 6.07 Å². The molecule has 0 aliphatic carbocycles. The van der Waals surface area contributed by atoms with Crippen LogP contribution in [0.1, 0.15) is 25.7 Å². The first-order valence-corrected chi connectivity index (χ1v) is 7.39. The number of hydrogen-bond donors (Lipinski definition) is 1. The standard InChI is InChI=1S/C16H25N3/c1-18(2)14-6-4-5-12(9-14)17-13-10-15-7-8-16(11-13)19(15)3/h4-6,9,13,15-17H,7-8,10-11H2,1-3H3. The van der Waals surface area contributed by atoms with E-state index in [-0.39, 0.29) is 0 Å². The molecule has 0 radical (unpaired) electrons. The lowest BCUT2D eigenvalue weighted by Gasteiger charge is -2.37. The summed E-state index contributed by atoms with van der Waals surface area (Å²) >= 11 is 0. The van der Waals surface area contributed by atoms with E-state index in [2.05, 4.69) is 60.5 Å². The summed E-state index contributed by atoms with van der Waals surface area (Å²) in [5, 5.41) is 3.74. The van der Waals surface area contributed by atoms with Gasteiger partial charge in [-0.3, -0.25) is 0 Å². The Labute approximate surface area is 116 Å². The molecule has 19 heavy (non-hydrogen) atoms. The van der Waals surface area contributed by atoms with Crippen molar-refractivity contribution in [2.75, 3.05) is 31.4 Å². The van der Waals surface area contributed by atoms with Crippen LogP contribution in [0.5, 0.6) is 0 Å². The highest BCUT2D eigenvalue weighted by Crippen LogP contribution is 2.35. The van der Waals surface area contributed by atoms with Crippen molar-refractivity contribution in [3.05, 3.63) is 24.3 Å². The van der Waals surface area contributed by atoms with E-state index >= 15 is 0 Å². The minimum absolute atomic E-state index is 0.645. The highest BCUT2D eigenvalue weighted by atomic mass is 15.2. The summed E-state index contributed by atoms with van der Waals surface area (Å²) in [6.45, 7) is 0. The first kappa shape index (κ1) is 12.8. The van der Waals surface area contributed by atoms with E-state index in [1.54, 1.807) is 0 Å². The molecule has 3 heteroatoms. The van der Waals surface area contributed by atoms with Crippen LogP contribution in [-0.4, -0.2) is 44.2 Å². The fourth-order valence-electron chi connectivity index (χ4n) is 3.64. The molecule has 1 aromatic carbocycles. The Kier molecular flexibility index (Phi) is 3.40. The van der Waals surface area contributed by atoms with Gasteiger partial charge in [0, 0.05) is 43.6 Å². The van der Waals surface area contributed by atoms with Gasteiger partial charge in [0.25, 0.3) is 0 Å². The summed E-state index contributed by atoms with van der Waals surface area (Å²) in [5.74, 6) is 0. The van der Waals surface area contributed by atoms with Crippen molar-refractivity contribution in [2.24, 2.45) is 0 Å². The van der Waals surface area contributed by atoms with Gasteiger partial charge in [-0.25, -0.2) is 0 Å². The van der Waals surface area contributed by atoms with E-state index in [1.165, 1.54) is 37.1 Å². The fourth-order valence-corrected chi connectivity index (χ4v) is 3.64. The molecule has 0 aromatic heterocycles. The van der Waals surface area contributed by atoms with Gasteiger partial charge in [-0.2, -0.15) is 0 Å². The maximum atomic E-state index is 3.74. The molecule has 1 N–H and O–H groups in total. The Hall–Kier alpha value is -1.22. The zero-order valence-electron chi connectivity index (χ0n) is 12.3. The van der Waals surface area contributed by atoms with Crippen molar-refractivity contribution >= 4 is 11.4 Å². The summed E-state index contributed by atoms with van der Waals surface area (Å²) in [6, 6.07) is 11.0. The number of hydrogen-bond acceptors (Lipinski definition) is 3. The quantitative estimate of drug-likeness (QED) is 0.900. The lowest BCUT2D eigenvalue weighted by atomic mass is 9.97. The number of anilines is 2.